The highest BCUT2D eigenvalue weighted by Crippen LogP contribution is 2.46. The van der Waals surface area contributed by atoms with Crippen LogP contribution in [0, 0.1) is 5.92 Å². The molecule has 1 aliphatic carbocycles. The maximum absolute atomic E-state index is 12.9. The third kappa shape index (κ3) is 9.81. The van der Waals surface area contributed by atoms with Crippen LogP contribution in [0.15, 0.2) is 231 Å². The first-order valence-electron chi connectivity index (χ1n) is 27.4. The van der Waals surface area contributed by atoms with Crippen molar-refractivity contribution in [3.8, 4) is 89.7 Å². The predicted molar refractivity (Wildman–Crippen MR) is 322 cm³/mol. The van der Waals surface area contributed by atoms with Crippen LogP contribution in [-0.4, -0.2) is 19.6 Å². The van der Waals surface area contributed by atoms with Crippen molar-refractivity contribution in [3.05, 3.63) is 253 Å². The maximum atomic E-state index is 12.9. The topological polar surface area (TPSA) is 50.9 Å². The Kier molecular flexibility index (Phi) is 13.1. The lowest BCUT2D eigenvalue weighted by atomic mass is 9.78. The van der Waals surface area contributed by atoms with Crippen molar-refractivity contribution in [2.75, 3.05) is 0 Å². The summed E-state index contributed by atoms with van der Waals surface area (Å²) in [6.45, 7) is 11.4. The molecule has 0 radical (unpaired) electrons. The zero-order chi connectivity index (χ0) is 52.7. The van der Waals surface area contributed by atoms with E-state index in [0.29, 0.717) is 17.3 Å². The number of hydrogen-bond acceptors (Lipinski definition) is 3. The zero-order valence-electron chi connectivity index (χ0n) is 44.8. The Morgan fingerprint density at radius 3 is 1.73 bits per heavy atom. The van der Waals surface area contributed by atoms with Crippen LogP contribution in [0.3, 0.4) is 0 Å². The Labute approximate surface area is 454 Å². The van der Waals surface area contributed by atoms with Crippen molar-refractivity contribution in [2.45, 2.75) is 77.6 Å². The van der Waals surface area contributed by atoms with Crippen LogP contribution < -0.4 is 0 Å². The number of benzene rings is 9. The van der Waals surface area contributed by atoms with Crippen LogP contribution in [0.2, 0.25) is 0 Å². The molecule has 11 aromatic rings. The third-order valence-electron chi connectivity index (χ3n) is 16.2. The van der Waals surface area contributed by atoms with Gasteiger partial charge in [-0.2, -0.15) is 0 Å². The average Bonchev–Trinajstić information content (AvgIpc) is 4.25. The molecular formula is C73H65N3O. The molecule has 0 spiro atoms. The minimum absolute atomic E-state index is 0.131. The fourth-order valence-electron chi connectivity index (χ4n) is 11.7. The van der Waals surface area contributed by atoms with Crippen LogP contribution >= 0.6 is 0 Å². The summed E-state index contributed by atoms with van der Waals surface area (Å²) in [5.74, 6) is 1.55. The number of rotatable bonds is 12. The minimum atomic E-state index is -0.176. The molecule has 1 saturated carbocycles. The minimum Gasteiger partial charge on any atom is -0.507 e. The van der Waals surface area contributed by atoms with Gasteiger partial charge in [0.15, 0.2) is 0 Å². The Hall–Kier alpha value is -8.60. The predicted octanol–water partition coefficient (Wildman–Crippen LogP) is 19.2. The SMILES string of the molecule is CC(C)(C)c1cc(-c2cc(-c3ccc(C(C)(C)c4ccccc4)cc3)ccn2)cc(-c2cccc3c2nc(-c2cc(-c4ccccc4)cc(-c4ccccc4)c2O)n3-c2ccc(CC3CCCC3)cc2-c2ccccc2)c1. The average molecular weight is 1000 g/mol. The van der Waals surface area contributed by atoms with Crippen molar-refractivity contribution in [3.63, 3.8) is 0 Å². The molecule has 1 N–H and O–H groups in total. The summed E-state index contributed by atoms with van der Waals surface area (Å²) in [4.78, 5) is 10.8. The first kappa shape index (κ1) is 49.3. The second kappa shape index (κ2) is 20.5. The molecule has 4 heteroatoms. The van der Waals surface area contributed by atoms with Gasteiger partial charge >= 0.3 is 0 Å². The van der Waals surface area contributed by atoms with E-state index in [1.807, 2.05) is 30.5 Å². The first-order valence-corrected chi connectivity index (χ1v) is 27.4. The molecule has 1 aliphatic rings. The first-order chi connectivity index (χ1) is 37.5. The summed E-state index contributed by atoms with van der Waals surface area (Å²) in [6.07, 6.45) is 8.18. The van der Waals surface area contributed by atoms with Gasteiger partial charge in [0.25, 0.3) is 0 Å². The Bertz CT molecular complexity index is 3880. The number of phenolic OH excluding ortho intramolecular Hbond substituents is 1. The van der Waals surface area contributed by atoms with Crippen LogP contribution in [0.4, 0.5) is 0 Å². The van der Waals surface area contributed by atoms with Crippen molar-refractivity contribution >= 4 is 11.0 Å². The van der Waals surface area contributed by atoms with Gasteiger partial charge in [-0.15, -0.1) is 0 Å². The van der Waals surface area contributed by atoms with Gasteiger partial charge in [0.1, 0.15) is 11.6 Å². The van der Waals surface area contributed by atoms with Crippen molar-refractivity contribution in [2.24, 2.45) is 5.92 Å². The number of para-hydroxylation sites is 1. The van der Waals surface area contributed by atoms with E-state index in [4.69, 9.17) is 9.97 Å². The highest BCUT2D eigenvalue weighted by Gasteiger charge is 2.27. The van der Waals surface area contributed by atoms with Gasteiger partial charge in [-0.1, -0.05) is 230 Å². The Morgan fingerprint density at radius 1 is 0.455 bits per heavy atom. The molecule has 0 bridgehead atoms. The highest BCUT2D eigenvalue weighted by atomic mass is 16.3. The number of pyridine rings is 1. The molecule has 0 atom stereocenters. The highest BCUT2D eigenvalue weighted by molar-refractivity contribution is 5.99. The Balaban J connectivity index is 1.06. The number of imidazole rings is 1. The largest absolute Gasteiger partial charge is 0.507 e. The van der Waals surface area contributed by atoms with Crippen molar-refractivity contribution in [1.82, 2.24) is 14.5 Å². The molecule has 4 nitrogen and oxygen atoms in total. The summed E-state index contributed by atoms with van der Waals surface area (Å²) in [7, 11) is 0. The van der Waals surface area contributed by atoms with E-state index >= 15 is 0 Å². The van der Waals surface area contributed by atoms with Gasteiger partial charge in [-0.3, -0.25) is 9.55 Å². The summed E-state index contributed by atoms with van der Waals surface area (Å²) in [5, 5.41) is 12.9. The number of phenols is 1. The van der Waals surface area contributed by atoms with E-state index < -0.39 is 0 Å². The van der Waals surface area contributed by atoms with E-state index in [1.165, 1.54) is 47.9 Å². The van der Waals surface area contributed by atoms with Crippen LogP contribution in [0.25, 0.3) is 95.0 Å². The molecule has 77 heavy (non-hydrogen) atoms. The molecular weight excluding hydrogens is 935 g/mol. The second-order valence-corrected chi connectivity index (χ2v) is 22.7. The van der Waals surface area contributed by atoms with Crippen LogP contribution in [-0.2, 0) is 17.3 Å². The number of aromatic hydroxyl groups is 1. The molecule has 2 aromatic heterocycles. The molecule has 2 heterocycles. The molecule has 0 amide bonds. The van der Waals surface area contributed by atoms with Crippen LogP contribution in [0.1, 0.15) is 82.6 Å². The van der Waals surface area contributed by atoms with E-state index in [9.17, 15) is 5.11 Å². The third-order valence-corrected chi connectivity index (χ3v) is 16.2. The second-order valence-electron chi connectivity index (χ2n) is 22.7. The lowest BCUT2D eigenvalue weighted by molar-refractivity contribution is 0.479. The van der Waals surface area contributed by atoms with E-state index in [-0.39, 0.29) is 16.6 Å². The molecule has 9 aromatic carbocycles. The van der Waals surface area contributed by atoms with Gasteiger partial charge in [-0.05, 0) is 134 Å². The molecule has 0 saturated heterocycles. The normalized spacial score (nSPS) is 13.1. The summed E-state index contributed by atoms with van der Waals surface area (Å²) in [6, 6.07) is 80.3. The summed E-state index contributed by atoms with van der Waals surface area (Å²) >= 11 is 0. The fraction of sp³-hybridized carbons (Fsp3) is 0.178. The number of aromatic nitrogens is 3. The number of fused-ring (bicyclic) bond motifs is 1. The quantitative estimate of drug-likeness (QED) is 0.133. The van der Waals surface area contributed by atoms with E-state index in [1.54, 1.807) is 0 Å². The summed E-state index contributed by atoms with van der Waals surface area (Å²) in [5.41, 5.74) is 20.5. The summed E-state index contributed by atoms with van der Waals surface area (Å²) < 4.78 is 2.31. The zero-order valence-corrected chi connectivity index (χ0v) is 44.8. The monoisotopic (exact) mass is 1000 g/mol. The van der Waals surface area contributed by atoms with Gasteiger partial charge in [-0.25, -0.2) is 4.98 Å². The van der Waals surface area contributed by atoms with Gasteiger partial charge < -0.3 is 5.11 Å². The Morgan fingerprint density at radius 2 is 1.05 bits per heavy atom. The molecule has 12 rings (SSSR count). The fourth-order valence-corrected chi connectivity index (χ4v) is 11.7. The van der Waals surface area contributed by atoms with Crippen LogP contribution in [0.5, 0.6) is 5.75 Å². The molecule has 378 valence electrons. The molecule has 0 unspecified atom stereocenters. The van der Waals surface area contributed by atoms with Gasteiger partial charge in [0, 0.05) is 33.9 Å². The molecule has 0 aliphatic heterocycles. The van der Waals surface area contributed by atoms with E-state index in [2.05, 4.69) is 239 Å². The van der Waals surface area contributed by atoms with Gasteiger partial charge in [0.2, 0.25) is 0 Å². The lowest BCUT2D eigenvalue weighted by Gasteiger charge is -2.26. The number of hydrogen-bond donors (Lipinski definition) is 1. The molecule has 1 fully saturated rings. The van der Waals surface area contributed by atoms with Crippen molar-refractivity contribution in [1.29, 1.82) is 0 Å². The van der Waals surface area contributed by atoms with Gasteiger partial charge in [0.05, 0.1) is 28.0 Å². The standard InChI is InChI=1S/C73H65N3O/c1-72(2,3)61-44-57(43-58(45-61)66-48-55(39-40-74-66)52-34-36-60(37-35-52)73(4,5)59-29-16-9-17-30-59)62-31-20-32-68-69(62)75-71(65-47-56(51-23-10-6-11-24-51)46-64(70(65)77)54-27-14-8-15-28-54)76(68)67-38-33-50(41-49-21-18-19-22-49)42-63(67)53-25-12-7-13-26-53/h6-17,20,23-40,42-49,77H,18-19,21-22,41H2,1-5H3. The number of nitrogens with zero attached hydrogens (tertiary/aromatic N) is 3. The maximum Gasteiger partial charge on any atom is 0.149 e. The van der Waals surface area contributed by atoms with Crippen molar-refractivity contribution < 1.29 is 5.11 Å². The van der Waals surface area contributed by atoms with E-state index in [0.717, 1.165) is 90.0 Å². The lowest BCUT2D eigenvalue weighted by Crippen LogP contribution is -2.18. The smallest absolute Gasteiger partial charge is 0.149 e.